The Balaban J connectivity index is 2.80. The van der Waals surface area contributed by atoms with E-state index in [1.807, 2.05) is 36.8 Å². The molecule has 1 atom stereocenters. The highest BCUT2D eigenvalue weighted by Crippen LogP contribution is 2.23. The Hall–Kier alpha value is 0.260. The summed E-state index contributed by atoms with van der Waals surface area (Å²) >= 11 is 1.87. The molecule has 1 N–H and O–H groups in total. The van der Waals surface area contributed by atoms with Crippen LogP contribution in [0, 0.1) is 4.78 Å². The Morgan fingerprint density at radius 1 is 1.31 bits per heavy atom. The van der Waals surface area contributed by atoms with Gasteiger partial charge in [0.25, 0.3) is 0 Å². The predicted molar refractivity (Wildman–Crippen MR) is 59.5 cm³/mol. The number of hydrogen-bond donors (Lipinski definition) is 1. The van der Waals surface area contributed by atoms with Crippen LogP contribution >= 0.6 is 11.8 Å². The van der Waals surface area contributed by atoms with Crippen molar-refractivity contribution in [2.75, 3.05) is 24.6 Å². The Kier molecular flexibility index (Phi) is 3.30. The molecule has 1 saturated heterocycles. The first-order chi connectivity index (χ1) is 5.86. The summed E-state index contributed by atoms with van der Waals surface area (Å²) in [4.78, 5) is 0. The molecule has 1 fully saturated rings. The molecule has 0 spiro atoms. The molecule has 1 unspecified atom stereocenters. The monoisotopic (exact) mass is 222 g/mol. The molecule has 0 bridgehead atoms. The molecular formula is C8H18N2OS2. The van der Waals surface area contributed by atoms with Crippen LogP contribution in [0.2, 0.25) is 0 Å². The van der Waals surface area contributed by atoms with E-state index in [1.165, 1.54) is 0 Å². The lowest BCUT2D eigenvalue weighted by atomic mass is 10.3. The Bertz CT molecular complexity index is 260. The molecule has 1 aliphatic rings. The summed E-state index contributed by atoms with van der Waals surface area (Å²) in [5.74, 6) is 2.01. The summed E-state index contributed by atoms with van der Waals surface area (Å²) in [5.41, 5.74) is 0. The quantitative estimate of drug-likeness (QED) is 0.735. The summed E-state index contributed by atoms with van der Waals surface area (Å²) in [7, 11) is -2.58. The topological polar surface area (TPSA) is 44.2 Å². The average molecular weight is 222 g/mol. The fourth-order valence-electron chi connectivity index (χ4n) is 1.19. The molecule has 3 nitrogen and oxygen atoms in total. The maximum absolute atomic E-state index is 12.1. The lowest BCUT2D eigenvalue weighted by Gasteiger charge is -2.34. The maximum atomic E-state index is 12.1. The van der Waals surface area contributed by atoms with E-state index in [0.717, 1.165) is 24.6 Å². The fraction of sp³-hybridized carbons (Fsp3) is 1.00. The van der Waals surface area contributed by atoms with Crippen LogP contribution in [-0.2, 0) is 9.92 Å². The van der Waals surface area contributed by atoms with E-state index in [1.54, 1.807) is 0 Å². The molecule has 0 amide bonds. The SMILES string of the molecule is CC(C)(C)S(=N)(=O)N1CCSCC1. The zero-order valence-electron chi connectivity index (χ0n) is 8.50. The second-order valence-electron chi connectivity index (χ2n) is 4.18. The molecule has 0 aromatic rings. The minimum Gasteiger partial charge on any atom is -0.240 e. The van der Waals surface area contributed by atoms with E-state index in [-0.39, 0.29) is 0 Å². The van der Waals surface area contributed by atoms with Crippen LogP contribution in [0.1, 0.15) is 20.8 Å². The molecule has 78 valence electrons. The van der Waals surface area contributed by atoms with Gasteiger partial charge in [-0.05, 0) is 20.8 Å². The fourth-order valence-corrected chi connectivity index (χ4v) is 3.80. The van der Waals surface area contributed by atoms with Crippen molar-refractivity contribution in [3.05, 3.63) is 0 Å². The van der Waals surface area contributed by atoms with Gasteiger partial charge >= 0.3 is 0 Å². The Morgan fingerprint density at radius 2 is 1.77 bits per heavy atom. The molecule has 0 radical (unpaired) electrons. The van der Waals surface area contributed by atoms with Gasteiger partial charge in [-0.25, -0.2) is 13.3 Å². The van der Waals surface area contributed by atoms with Gasteiger partial charge in [0.05, 0.1) is 4.75 Å². The standard InChI is InChI=1S/C8H18N2OS2/c1-8(2,3)13(9,11)10-4-6-12-7-5-10/h9H,4-7H2,1-3H3. The molecule has 1 aliphatic heterocycles. The molecule has 0 saturated carbocycles. The highest BCUT2D eigenvalue weighted by Gasteiger charge is 2.32. The number of rotatable bonds is 1. The van der Waals surface area contributed by atoms with Crippen molar-refractivity contribution in [1.29, 1.82) is 4.78 Å². The highest BCUT2D eigenvalue weighted by atomic mass is 32.2. The second-order valence-corrected chi connectivity index (χ2v) is 8.20. The van der Waals surface area contributed by atoms with Gasteiger partial charge < -0.3 is 0 Å². The molecule has 1 rings (SSSR count). The van der Waals surface area contributed by atoms with Crippen molar-refractivity contribution in [2.45, 2.75) is 25.5 Å². The first kappa shape index (κ1) is 11.3. The van der Waals surface area contributed by atoms with Crippen LogP contribution in [0.3, 0.4) is 0 Å². The normalized spacial score (nSPS) is 25.5. The number of hydrogen-bond acceptors (Lipinski definition) is 3. The minimum absolute atomic E-state index is 0.436. The molecule has 5 heteroatoms. The second kappa shape index (κ2) is 3.79. The van der Waals surface area contributed by atoms with E-state index < -0.39 is 14.7 Å². The Labute approximate surface area is 85.4 Å². The molecule has 1 heterocycles. The smallest absolute Gasteiger partial charge is 0.112 e. The summed E-state index contributed by atoms with van der Waals surface area (Å²) < 4.78 is 21.5. The van der Waals surface area contributed by atoms with E-state index in [2.05, 4.69) is 0 Å². The van der Waals surface area contributed by atoms with Crippen molar-refractivity contribution >= 4 is 21.7 Å². The van der Waals surface area contributed by atoms with Gasteiger partial charge in [0.2, 0.25) is 0 Å². The van der Waals surface area contributed by atoms with E-state index in [4.69, 9.17) is 4.78 Å². The third-order valence-corrected chi connectivity index (χ3v) is 5.86. The van der Waals surface area contributed by atoms with E-state index in [0.29, 0.717) is 0 Å². The van der Waals surface area contributed by atoms with E-state index >= 15 is 0 Å². The summed E-state index contributed by atoms with van der Waals surface area (Å²) in [5, 5.41) is 0. The van der Waals surface area contributed by atoms with Crippen molar-refractivity contribution in [3.63, 3.8) is 0 Å². The largest absolute Gasteiger partial charge is 0.240 e. The van der Waals surface area contributed by atoms with Gasteiger partial charge in [-0.15, -0.1) is 0 Å². The van der Waals surface area contributed by atoms with Crippen molar-refractivity contribution in [2.24, 2.45) is 0 Å². The third kappa shape index (κ3) is 2.39. The van der Waals surface area contributed by atoms with Crippen LogP contribution in [0.25, 0.3) is 0 Å². The minimum atomic E-state index is -2.58. The molecule has 0 aliphatic carbocycles. The van der Waals surface area contributed by atoms with Crippen molar-refractivity contribution in [3.8, 4) is 0 Å². The van der Waals surface area contributed by atoms with Crippen LogP contribution < -0.4 is 0 Å². The molecular weight excluding hydrogens is 204 g/mol. The summed E-state index contributed by atoms with van der Waals surface area (Å²) in [6.07, 6.45) is 0. The third-order valence-electron chi connectivity index (χ3n) is 2.16. The van der Waals surface area contributed by atoms with Crippen molar-refractivity contribution in [1.82, 2.24) is 4.31 Å². The van der Waals surface area contributed by atoms with Gasteiger partial charge in [-0.2, -0.15) is 11.8 Å². The number of nitrogens with one attached hydrogen (secondary N) is 1. The van der Waals surface area contributed by atoms with Gasteiger partial charge in [0.1, 0.15) is 9.92 Å². The number of thioether (sulfide) groups is 1. The zero-order valence-corrected chi connectivity index (χ0v) is 10.1. The van der Waals surface area contributed by atoms with E-state index in [9.17, 15) is 4.21 Å². The lowest BCUT2D eigenvalue weighted by molar-refractivity contribution is 0.459. The van der Waals surface area contributed by atoms with Gasteiger partial charge in [-0.1, -0.05) is 0 Å². The van der Waals surface area contributed by atoms with Crippen LogP contribution in [0.15, 0.2) is 0 Å². The van der Waals surface area contributed by atoms with Crippen LogP contribution in [0.5, 0.6) is 0 Å². The zero-order chi connectivity index (χ0) is 10.1. The first-order valence-electron chi connectivity index (χ1n) is 4.47. The van der Waals surface area contributed by atoms with Gasteiger partial charge in [0.15, 0.2) is 0 Å². The summed E-state index contributed by atoms with van der Waals surface area (Å²) in [6, 6.07) is 0. The Morgan fingerprint density at radius 3 is 2.15 bits per heavy atom. The molecule has 0 aromatic heterocycles. The highest BCUT2D eigenvalue weighted by molar-refractivity contribution is 7.99. The van der Waals surface area contributed by atoms with Gasteiger partial charge in [0, 0.05) is 24.6 Å². The average Bonchev–Trinajstić information content (AvgIpc) is 2.04. The van der Waals surface area contributed by atoms with Crippen LogP contribution in [-0.4, -0.2) is 37.9 Å². The number of nitrogens with zero attached hydrogens (tertiary/aromatic N) is 1. The lowest BCUT2D eigenvalue weighted by Crippen LogP contribution is -2.45. The predicted octanol–water partition coefficient (Wildman–Crippen LogP) is 1.80. The van der Waals surface area contributed by atoms with Gasteiger partial charge in [-0.3, -0.25) is 0 Å². The maximum Gasteiger partial charge on any atom is 0.112 e. The first-order valence-corrected chi connectivity index (χ1v) is 7.14. The van der Waals surface area contributed by atoms with Crippen molar-refractivity contribution < 1.29 is 4.21 Å². The molecule has 13 heavy (non-hydrogen) atoms. The van der Waals surface area contributed by atoms with Crippen LogP contribution in [0.4, 0.5) is 0 Å². The molecule has 0 aromatic carbocycles. The summed E-state index contributed by atoms with van der Waals surface area (Å²) in [6.45, 7) is 7.23.